The zero-order valence-electron chi connectivity index (χ0n) is 11.3. The zero-order valence-corrected chi connectivity index (χ0v) is 13.6. The molecule has 1 heterocycles. The first-order valence-corrected chi connectivity index (χ1v) is 7.99. The number of quaternary nitrogens is 1. The second kappa shape index (κ2) is 7.14. The Morgan fingerprint density at radius 1 is 1.14 bits per heavy atom. The van der Waals surface area contributed by atoms with Gasteiger partial charge < -0.3 is 4.90 Å². The number of piperidine rings is 1. The molecule has 7 heteroatoms. The summed E-state index contributed by atoms with van der Waals surface area (Å²) in [7, 11) is 0. The van der Waals surface area contributed by atoms with Crippen LogP contribution in [0.4, 0.5) is 4.39 Å². The Morgan fingerprint density at radius 2 is 1.71 bits per heavy atom. The van der Waals surface area contributed by atoms with Crippen molar-refractivity contribution in [1.82, 2.24) is 5.32 Å². The normalized spacial score (nSPS) is 18.3. The van der Waals surface area contributed by atoms with Gasteiger partial charge in [-0.15, -0.1) is 0 Å². The number of benzene rings is 1. The van der Waals surface area contributed by atoms with Gasteiger partial charge in [-0.25, -0.2) is 4.39 Å². The van der Waals surface area contributed by atoms with E-state index >= 15 is 0 Å². The van der Waals surface area contributed by atoms with Gasteiger partial charge in [0.05, 0.1) is 13.1 Å². The minimum atomic E-state index is -1.59. The highest BCUT2D eigenvalue weighted by atomic mass is 35.6. The van der Waals surface area contributed by atoms with Gasteiger partial charge in [0.25, 0.3) is 9.70 Å². The summed E-state index contributed by atoms with van der Waals surface area (Å²) in [6.07, 6.45) is 2.61. The maximum atomic E-state index is 12.9. The molecule has 2 N–H and O–H groups in total. The molecule has 1 fully saturated rings. The molecule has 0 radical (unpaired) electrons. The van der Waals surface area contributed by atoms with Gasteiger partial charge >= 0.3 is 0 Å². The molecule has 0 spiro atoms. The van der Waals surface area contributed by atoms with Crippen LogP contribution in [0, 0.1) is 5.82 Å². The topological polar surface area (TPSA) is 33.5 Å². The van der Waals surface area contributed by atoms with Crippen molar-refractivity contribution in [3.8, 4) is 0 Å². The second-order valence-corrected chi connectivity index (χ2v) is 7.54. The molecule has 1 atom stereocenters. The van der Waals surface area contributed by atoms with Gasteiger partial charge in [0.15, 0.2) is 0 Å². The first kappa shape index (κ1) is 16.8. The van der Waals surface area contributed by atoms with Crippen molar-refractivity contribution >= 4 is 40.7 Å². The molecule has 0 aromatic heterocycles. The van der Waals surface area contributed by atoms with E-state index in [0.29, 0.717) is 5.56 Å². The zero-order chi connectivity index (χ0) is 15.5. The van der Waals surface area contributed by atoms with Crippen LogP contribution in [-0.4, -0.2) is 29.0 Å². The fourth-order valence-electron chi connectivity index (χ4n) is 2.53. The van der Waals surface area contributed by atoms with Gasteiger partial charge in [0.1, 0.15) is 5.82 Å². The van der Waals surface area contributed by atoms with Crippen LogP contribution < -0.4 is 10.2 Å². The lowest BCUT2D eigenvalue weighted by atomic mass is 10.1. The molecule has 0 unspecified atom stereocenters. The summed E-state index contributed by atoms with van der Waals surface area (Å²) >= 11 is 18.1. The van der Waals surface area contributed by atoms with Crippen LogP contribution in [-0.2, 0) is 0 Å². The third-order valence-electron chi connectivity index (χ3n) is 3.61. The Bertz CT molecular complexity index is 484. The van der Waals surface area contributed by atoms with Gasteiger partial charge in [-0.3, -0.25) is 10.1 Å². The predicted octanol–water partition coefficient (Wildman–Crippen LogP) is 2.32. The molecule has 2 rings (SSSR count). The van der Waals surface area contributed by atoms with Gasteiger partial charge in [0, 0.05) is 5.56 Å². The number of carbonyl (C=O) groups excluding carboxylic acids is 1. The smallest absolute Gasteiger partial charge is 0.262 e. The lowest BCUT2D eigenvalue weighted by Crippen LogP contribution is -3.20. The number of likely N-dealkylation sites (tertiary alicyclic amines) is 1. The Hall–Kier alpha value is -0.550. The van der Waals surface area contributed by atoms with Crippen LogP contribution >= 0.6 is 34.8 Å². The molecule has 0 saturated carbocycles. The Balaban J connectivity index is 2.10. The van der Waals surface area contributed by atoms with E-state index in [1.807, 2.05) is 0 Å². The minimum absolute atomic E-state index is 0.340. The number of hydrogen-bond donors (Lipinski definition) is 2. The van der Waals surface area contributed by atoms with Crippen LogP contribution in [0.1, 0.15) is 29.6 Å². The van der Waals surface area contributed by atoms with E-state index in [1.165, 1.54) is 24.3 Å². The van der Waals surface area contributed by atoms with Crippen LogP contribution in [0.15, 0.2) is 24.3 Å². The van der Waals surface area contributed by atoms with Crippen LogP contribution in [0.25, 0.3) is 0 Å². The Morgan fingerprint density at radius 3 is 2.24 bits per heavy atom. The first-order valence-electron chi connectivity index (χ1n) is 6.85. The molecule has 0 aliphatic carbocycles. The van der Waals surface area contributed by atoms with Crippen LogP contribution in [0.3, 0.4) is 0 Å². The van der Waals surface area contributed by atoms with E-state index in [9.17, 15) is 9.18 Å². The molecule has 0 bridgehead atoms. The maximum Gasteiger partial charge on any atom is 0.262 e. The predicted molar refractivity (Wildman–Crippen MR) is 82.5 cm³/mol. The highest BCUT2D eigenvalue weighted by Gasteiger charge is 2.42. The summed E-state index contributed by atoms with van der Waals surface area (Å²) in [5.74, 6) is -0.768. The molecule has 21 heavy (non-hydrogen) atoms. The van der Waals surface area contributed by atoms with Crippen LogP contribution in [0.2, 0.25) is 0 Å². The molecule has 1 aromatic rings. The Labute approximate surface area is 138 Å². The monoisotopic (exact) mass is 353 g/mol. The van der Waals surface area contributed by atoms with Crippen molar-refractivity contribution in [3.05, 3.63) is 35.6 Å². The highest BCUT2D eigenvalue weighted by Crippen LogP contribution is 2.28. The van der Waals surface area contributed by atoms with Crippen molar-refractivity contribution in [2.24, 2.45) is 0 Å². The van der Waals surface area contributed by atoms with Gasteiger partial charge in [0.2, 0.25) is 6.17 Å². The lowest BCUT2D eigenvalue weighted by Gasteiger charge is -2.35. The summed E-state index contributed by atoms with van der Waals surface area (Å²) < 4.78 is 11.3. The maximum absolute atomic E-state index is 12.9. The van der Waals surface area contributed by atoms with Crippen molar-refractivity contribution in [2.75, 3.05) is 13.1 Å². The van der Waals surface area contributed by atoms with Gasteiger partial charge in [-0.05, 0) is 43.5 Å². The number of alkyl halides is 3. The summed E-state index contributed by atoms with van der Waals surface area (Å²) in [5, 5.41) is 2.77. The molecule has 1 aliphatic heterocycles. The molecular formula is C14H17Cl3FN2O+. The van der Waals surface area contributed by atoms with Crippen molar-refractivity contribution < 1.29 is 14.1 Å². The number of carbonyl (C=O) groups is 1. The molecule has 1 saturated heterocycles. The molecule has 1 amide bonds. The van der Waals surface area contributed by atoms with E-state index in [1.54, 1.807) is 0 Å². The minimum Gasteiger partial charge on any atom is -0.312 e. The number of amides is 1. The van der Waals surface area contributed by atoms with E-state index < -0.39 is 15.8 Å². The first-order chi connectivity index (χ1) is 9.88. The average Bonchev–Trinajstić information content (AvgIpc) is 2.45. The van der Waals surface area contributed by atoms with Crippen molar-refractivity contribution in [3.63, 3.8) is 0 Å². The SMILES string of the molecule is O=C(N[C@@H]([NH+]1CCCCC1)C(Cl)(Cl)Cl)c1ccc(F)cc1. The molecule has 3 nitrogen and oxygen atoms in total. The summed E-state index contributed by atoms with van der Waals surface area (Å²) in [5.41, 5.74) is 0.340. The fraction of sp³-hybridized carbons (Fsp3) is 0.500. The van der Waals surface area contributed by atoms with E-state index in [0.717, 1.165) is 37.3 Å². The highest BCUT2D eigenvalue weighted by molar-refractivity contribution is 6.68. The largest absolute Gasteiger partial charge is 0.312 e. The molecule has 1 aliphatic rings. The van der Waals surface area contributed by atoms with E-state index in [2.05, 4.69) is 5.32 Å². The molecule has 116 valence electrons. The van der Waals surface area contributed by atoms with Crippen molar-refractivity contribution in [2.45, 2.75) is 29.2 Å². The Kier molecular flexibility index (Phi) is 5.72. The molecular weight excluding hydrogens is 338 g/mol. The van der Waals surface area contributed by atoms with Gasteiger partial charge in [-0.2, -0.15) is 0 Å². The third kappa shape index (κ3) is 4.71. The van der Waals surface area contributed by atoms with Gasteiger partial charge in [-0.1, -0.05) is 34.8 Å². The second-order valence-electron chi connectivity index (χ2n) is 5.17. The lowest BCUT2D eigenvalue weighted by molar-refractivity contribution is -0.931. The van der Waals surface area contributed by atoms with Crippen LogP contribution in [0.5, 0.6) is 0 Å². The molecule has 1 aromatic carbocycles. The standard InChI is InChI=1S/C14H16Cl3FN2O/c15-14(16,17)13(20-8-2-1-3-9-20)19-12(21)10-4-6-11(18)7-5-10/h4-7,13H,1-3,8-9H2,(H,19,21)/p+1/t13-/m0/s1. The average molecular weight is 355 g/mol. The summed E-state index contributed by atoms with van der Waals surface area (Å²) in [6, 6.07) is 5.28. The quantitative estimate of drug-likeness (QED) is 0.803. The number of rotatable bonds is 3. The third-order valence-corrected chi connectivity index (χ3v) is 4.27. The summed E-state index contributed by atoms with van der Waals surface area (Å²) in [4.78, 5) is 13.3. The number of halogens is 4. The fourth-order valence-corrected chi connectivity index (χ4v) is 3.15. The van der Waals surface area contributed by atoms with E-state index in [4.69, 9.17) is 34.8 Å². The summed E-state index contributed by atoms with van der Waals surface area (Å²) in [6.45, 7) is 1.70. The van der Waals surface area contributed by atoms with E-state index in [-0.39, 0.29) is 5.91 Å². The number of hydrogen-bond acceptors (Lipinski definition) is 1. The number of nitrogens with one attached hydrogen (secondary N) is 2. The van der Waals surface area contributed by atoms with Crippen molar-refractivity contribution in [1.29, 1.82) is 0 Å².